The third kappa shape index (κ3) is 2.28. The first-order valence-electron chi connectivity index (χ1n) is 7.48. The van der Waals surface area contributed by atoms with Gasteiger partial charge in [-0.2, -0.15) is 0 Å². The van der Waals surface area contributed by atoms with Crippen LogP contribution in [0.1, 0.15) is 24.5 Å². The van der Waals surface area contributed by atoms with Crippen molar-refractivity contribution in [2.45, 2.75) is 22.9 Å². The Balaban J connectivity index is 2.05. The standard InChI is InChI=1S/C19H15IO2/c20-16-9-10-17(21)22-19(16)18-14-7-3-1-5-12(14)11-13-6-2-4-8-15(13)18/h1-8,11,16,19H,9-10H2/t16-,19+/m0/s1. The Morgan fingerprint density at radius 2 is 1.55 bits per heavy atom. The summed E-state index contributed by atoms with van der Waals surface area (Å²) < 4.78 is 6.06. The van der Waals surface area contributed by atoms with Gasteiger partial charge in [-0.15, -0.1) is 0 Å². The molecule has 1 fully saturated rings. The molecule has 0 aliphatic carbocycles. The molecule has 2 atom stereocenters. The summed E-state index contributed by atoms with van der Waals surface area (Å²) in [5.74, 6) is -0.0880. The molecule has 1 heterocycles. The fourth-order valence-corrected chi connectivity index (χ4v) is 4.09. The zero-order valence-electron chi connectivity index (χ0n) is 12.0. The monoisotopic (exact) mass is 402 g/mol. The van der Waals surface area contributed by atoms with Gasteiger partial charge in [0, 0.05) is 12.0 Å². The van der Waals surface area contributed by atoms with Gasteiger partial charge in [-0.25, -0.2) is 0 Å². The Morgan fingerprint density at radius 1 is 0.955 bits per heavy atom. The second kappa shape index (κ2) is 5.54. The van der Waals surface area contributed by atoms with Gasteiger partial charge in [0.2, 0.25) is 0 Å². The highest BCUT2D eigenvalue weighted by atomic mass is 127. The number of esters is 1. The lowest BCUT2D eigenvalue weighted by Crippen LogP contribution is -2.26. The summed E-state index contributed by atoms with van der Waals surface area (Å²) in [6, 6.07) is 18.9. The van der Waals surface area contributed by atoms with Crippen molar-refractivity contribution < 1.29 is 9.53 Å². The lowest BCUT2D eigenvalue weighted by atomic mass is 9.90. The number of benzene rings is 3. The molecule has 1 aliphatic heterocycles. The second-order valence-electron chi connectivity index (χ2n) is 5.70. The third-order valence-corrected chi connectivity index (χ3v) is 5.58. The van der Waals surface area contributed by atoms with Gasteiger partial charge in [0.1, 0.15) is 6.10 Å². The van der Waals surface area contributed by atoms with E-state index in [1.165, 1.54) is 21.5 Å². The van der Waals surface area contributed by atoms with Crippen molar-refractivity contribution in [3.8, 4) is 0 Å². The van der Waals surface area contributed by atoms with E-state index in [9.17, 15) is 4.79 Å². The van der Waals surface area contributed by atoms with Crippen molar-refractivity contribution in [1.29, 1.82) is 0 Å². The summed E-state index contributed by atoms with van der Waals surface area (Å²) in [5, 5.41) is 4.76. The molecule has 0 unspecified atom stereocenters. The van der Waals surface area contributed by atoms with Gasteiger partial charge in [0.05, 0.1) is 3.92 Å². The zero-order chi connectivity index (χ0) is 15.1. The first-order chi connectivity index (χ1) is 10.7. The highest BCUT2D eigenvalue weighted by molar-refractivity contribution is 14.1. The Labute approximate surface area is 142 Å². The van der Waals surface area contributed by atoms with Crippen molar-refractivity contribution >= 4 is 50.1 Å². The molecule has 0 saturated carbocycles. The van der Waals surface area contributed by atoms with Crippen LogP contribution in [-0.4, -0.2) is 9.89 Å². The molecule has 3 aromatic carbocycles. The van der Waals surface area contributed by atoms with Crippen molar-refractivity contribution in [3.05, 3.63) is 60.2 Å². The maximum Gasteiger partial charge on any atom is 0.306 e. The van der Waals surface area contributed by atoms with Gasteiger partial charge in [0.25, 0.3) is 0 Å². The van der Waals surface area contributed by atoms with Crippen LogP contribution in [-0.2, 0) is 9.53 Å². The molecule has 0 spiro atoms. The molecule has 1 saturated heterocycles. The number of rotatable bonds is 1. The zero-order valence-corrected chi connectivity index (χ0v) is 14.1. The van der Waals surface area contributed by atoms with Crippen LogP contribution >= 0.6 is 22.6 Å². The number of halogens is 1. The van der Waals surface area contributed by atoms with E-state index in [4.69, 9.17) is 4.74 Å². The van der Waals surface area contributed by atoms with Gasteiger partial charge < -0.3 is 4.74 Å². The minimum absolute atomic E-state index is 0.0880. The summed E-state index contributed by atoms with van der Waals surface area (Å²) >= 11 is 2.42. The number of alkyl halides is 1. The van der Waals surface area contributed by atoms with Crippen LogP contribution in [0.5, 0.6) is 0 Å². The molecule has 1 aliphatic rings. The summed E-state index contributed by atoms with van der Waals surface area (Å²) in [7, 11) is 0. The summed E-state index contributed by atoms with van der Waals surface area (Å²) in [6.45, 7) is 0. The van der Waals surface area contributed by atoms with E-state index in [2.05, 4.69) is 65.1 Å². The van der Waals surface area contributed by atoms with Gasteiger partial charge in [-0.3, -0.25) is 4.79 Å². The van der Waals surface area contributed by atoms with Crippen LogP contribution in [0.15, 0.2) is 54.6 Å². The molecular formula is C19H15IO2. The molecule has 0 amide bonds. The van der Waals surface area contributed by atoms with E-state index in [0.717, 1.165) is 12.0 Å². The topological polar surface area (TPSA) is 26.3 Å². The highest BCUT2D eigenvalue weighted by Crippen LogP contribution is 2.41. The van der Waals surface area contributed by atoms with Crippen LogP contribution in [0.25, 0.3) is 21.5 Å². The first-order valence-corrected chi connectivity index (χ1v) is 8.72. The fourth-order valence-electron chi connectivity index (χ4n) is 3.28. The largest absolute Gasteiger partial charge is 0.456 e. The molecule has 4 rings (SSSR count). The highest BCUT2D eigenvalue weighted by Gasteiger charge is 2.32. The van der Waals surface area contributed by atoms with Crippen LogP contribution in [0.2, 0.25) is 0 Å². The summed E-state index contributed by atoms with van der Waals surface area (Å²) in [5.41, 5.74) is 1.15. The van der Waals surface area contributed by atoms with Crippen molar-refractivity contribution in [1.82, 2.24) is 0 Å². The maximum atomic E-state index is 11.8. The van der Waals surface area contributed by atoms with Gasteiger partial charge >= 0.3 is 5.97 Å². The molecule has 3 heteroatoms. The number of carbonyl (C=O) groups excluding carboxylic acids is 1. The van der Waals surface area contributed by atoms with Crippen molar-refractivity contribution in [2.75, 3.05) is 0 Å². The smallest absolute Gasteiger partial charge is 0.306 e. The Hall–Kier alpha value is -1.62. The van der Waals surface area contributed by atoms with Crippen LogP contribution in [0, 0.1) is 0 Å². The van der Waals surface area contributed by atoms with Crippen LogP contribution in [0.3, 0.4) is 0 Å². The van der Waals surface area contributed by atoms with E-state index >= 15 is 0 Å². The van der Waals surface area contributed by atoms with E-state index in [1.54, 1.807) is 0 Å². The van der Waals surface area contributed by atoms with Gasteiger partial charge in [0.15, 0.2) is 0 Å². The van der Waals surface area contributed by atoms with Gasteiger partial charge in [-0.05, 0) is 34.0 Å². The average Bonchev–Trinajstić information content (AvgIpc) is 2.55. The maximum absolute atomic E-state index is 11.8. The van der Waals surface area contributed by atoms with Crippen molar-refractivity contribution in [3.63, 3.8) is 0 Å². The Kier molecular flexibility index (Phi) is 3.53. The predicted molar refractivity (Wildman–Crippen MR) is 97.3 cm³/mol. The molecule has 3 aromatic rings. The molecule has 0 radical (unpaired) electrons. The first kappa shape index (κ1) is 14.0. The number of cyclic esters (lactones) is 1. The average molecular weight is 402 g/mol. The fraction of sp³-hybridized carbons (Fsp3) is 0.211. The summed E-state index contributed by atoms with van der Waals surface area (Å²) in [6.07, 6.45) is 1.23. The summed E-state index contributed by atoms with van der Waals surface area (Å²) in [4.78, 5) is 11.8. The van der Waals surface area contributed by atoms with Crippen LogP contribution in [0.4, 0.5) is 0 Å². The number of carbonyl (C=O) groups is 1. The molecule has 0 aromatic heterocycles. The molecule has 110 valence electrons. The number of ether oxygens (including phenoxy) is 1. The predicted octanol–water partition coefficient (Wildman–Crippen LogP) is 5.17. The van der Waals surface area contributed by atoms with Crippen LogP contribution < -0.4 is 0 Å². The lowest BCUT2D eigenvalue weighted by molar-refractivity contribution is -0.153. The van der Waals surface area contributed by atoms with E-state index in [-0.39, 0.29) is 12.1 Å². The Morgan fingerprint density at radius 3 is 2.18 bits per heavy atom. The number of hydrogen-bond acceptors (Lipinski definition) is 2. The SMILES string of the molecule is O=C1CC[C@H](I)[C@H](c2c3ccccc3cc3ccccc23)O1. The second-order valence-corrected chi connectivity index (χ2v) is 7.30. The van der Waals surface area contributed by atoms with Gasteiger partial charge in [-0.1, -0.05) is 71.1 Å². The lowest BCUT2D eigenvalue weighted by Gasteiger charge is -2.29. The van der Waals surface area contributed by atoms with Crippen molar-refractivity contribution in [2.24, 2.45) is 0 Å². The number of hydrogen-bond donors (Lipinski definition) is 0. The molecule has 0 bridgehead atoms. The van der Waals surface area contributed by atoms with E-state index in [0.29, 0.717) is 10.3 Å². The molecule has 2 nitrogen and oxygen atoms in total. The van der Waals surface area contributed by atoms with E-state index < -0.39 is 0 Å². The minimum atomic E-state index is -0.169. The molecule has 22 heavy (non-hydrogen) atoms. The normalized spacial score (nSPS) is 22.0. The third-order valence-electron chi connectivity index (χ3n) is 4.31. The quantitative estimate of drug-likeness (QED) is 0.243. The van der Waals surface area contributed by atoms with E-state index in [1.807, 2.05) is 12.1 Å². The number of fused-ring (bicyclic) bond motifs is 2. The Bertz CT molecular complexity index is 818. The minimum Gasteiger partial charge on any atom is -0.456 e. The molecule has 0 N–H and O–H groups in total. The molecular weight excluding hydrogens is 387 g/mol.